The molecule has 0 saturated heterocycles. The number of ether oxygens (including phenoxy) is 3. The number of esters is 1. The first kappa shape index (κ1) is 23.0. The second-order valence-corrected chi connectivity index (χ2v) is 6.92. The molecule has 0 unspecified atom stereocenters. The monoisotopic (exact) mass is 405 g/mol. The third kappa shape index (κ3) is 7.59. The van der Waals surface area contributed by atoms with Crippen LogP contribution in [0.5, 0.6) is 0 Å². The molecule has 1 aliphatic heterocycles. The zero-order valence-electron chi connectivity index (χ0n) is 17.2. The van der Waals surface area contributed by atoms with E-state index >= 15 is 0 Å². The van der Waals surface area contributed by atoms with Gasteiger partial charge in [-0.05, 0) is 18.6 Å². The lowest BCUT2D eigenvalue weighted by Crippen LogP contribution is -2.33. The van der Waals surface area contributed by atoms with Crippen LogP contribution in [0.15, 0.2) is 24.3 Å². The van der Waals surface area contributed by atoms with Crippen molar-refractivity contribution in [3.05, 3.63) is 35.4 Å². The zero-order valence-corrected chi connectivity index (χ0v) is 17.2. The van der Waals surface area contributed by atoms with E-state index in [2.05, 4.69) is 6.92 Å². The average Bonchev–Trinajstić information content (AvgIpc) is 2.97. The summed E-state index contributed by atoms with van der Waals surface area (Å²) in [5, 5.41) is 0. The molecule has 0 spiro atoms. The van der Waals surface area contributed by atoms with Crippen LogP contribution in [-0.2, 0) is 19.0 Å². The number of carbonyl (C=O) groups excluding carboxylic acids is 3. The molecule has 0 aliphatic carbocycles. The molecule has 1 heterocycles. The van der Waals surface area contributed by atoms with Crippen molar-refractivity contribution in [3.63, 3.8) is 0 Å². The standard InChI is InChI=1S/C22H31NO6/c1-2-3-4-5-6-11-20(24)29-17-16-28-15-14-27-13-12-23-21(25)18-9-7-8-10-19(18)22(23)26/h7-10H,2-6,11-17H2,1H3. The molecular weight excluding hydrogens is 374 g/mol. The Labute approximate surface area is 172 Å². The Balaban J connectivity index is 1.44. The van der Waals surface area contributed by atoms with Gasteiger partial charge in [-0.2, -0.15) is 0 Å². The van der Waals surface area contributed by atoms with Crippen molar-refractivity contribution in [3.8, 4) is 0 Å². The van der Waals surface area contributed by atoms with Crippen molar-refractivity contribution in [1.82, 2.24) is 4.90 Å². The van der Waals surface area contributed by atoms with Gasteiger partial charge < -0.3 is 14.2 Å². The van der Waals surface area contributed by atoms with Gasteiger partial charge in [0.1, 0.15) is 6.61 Å². The lowest BCUT2D eigenvalue weighted by Gasteiger charge is -2.13. The number of amides is 2. The average molecular weight is 405 g/mol. The Morgan fingerprint density at radius 2 is 1.41 bits per heavy atom. The van der Waals surface area contributed by atoms with Gasteiger partial charge in [0, 0.05) is 6.42 Å². The zero-order chi connectivity index (χ0) is 20.9. The van der Waals surface area contributed by atoms with E-state index in [4.69, 9.17) is 14.2 Å². The number of rotatable bonds is 15. The number of benzene rings is 1. The van der Waals surface area contributed by atoms with Crippen molar-refractivity contribution in [2.45, 2.75) is 45.4 Å². The third-order valence-electron chi connectivity index (χ3n) is 4.68. The molecule has 29 heavy (non-hydrogen) atoms. The summed E-state index contributed by atoms with van der Waals surface area (Å²) in [4.78, 5) is 37.1. The highest BCUT2D eigenvalue weighted by Gasteiger charge is 2.34. The fraction of sp³-hybridized carbons (Fsp3) is 0.591. The van der Waals surface area contributed by atoms with Crippen LogP contribution < -0.4 is 0 Å². The van der Waals surface area contributed by atoms with Crippen LogP contribution in [0.2, 0.25) is 0 Å². The van der Waals surface area contributed by atoms with Gasteiger partial charge >= 0.3 is 5.97 Å². The molecule has 0 atom stereocenters. The largest absolute Gasteiger partial charge is 0.463 e. The molecule has 1 aliphatic rings. The molecule has 160 valence electrons. The maximum atomic E-state index is 12.2. The summed E-state index contributed by atoms with van der Waals surface area (Å²) in [7, 11) is 0. The molecule has 0 fully saturated rings. The highest BCUT2D eigenvalue weighted by Crippen LogP contribution is 2.21. The molecule has 7 nitrogen and oxygen atoms in total. The van der Waals surface area contributed by atoms with Crippen LogP contribution in [0.25, 0.3) is 0 Å². The second kappa shape index (κ2) is 13.1. The highest BCUT2D eigenvalue weighted by molar-refractivity contribution is 6.21. The van der Waals surface area contributed by atoms with Gasteiger partial charge in [-0.3, -0.25) is 19.3 Å². The molecule has 0 radical (unpaired) electrons. The lowest BCUT2D eigenvalue weighted by molar-refractivity contribution is -0.145. The van der Waals surface area contributed by atoms with E-state index < -0.39 is 0 Å². The summed E-state index contributed by atoms with van der Waals surface area (Å²) < 4.78 is 15.9. The summed E-state index contributed by atoms with van der Waals surface area (Å²) >= 11 is 0. The summed E-state index contributed by atoms with van der Waals surface area (Å²) in [6.45, 7) is 3.88. The quantitative estimate of drug-likeness (QED) is 0.253. The number of unbranched alkanes of at least 4 members (excludes halogenated alkanes) is 4. The first-order chi connectivity index (χ1) is 14.1. The van der Waals surface area contributed by atoms with E-state index in [1.54, 1.807) is 24.3 Å². The van der Waals surface area contributed by atoms with Gasteiger partial charge in [0.05, 0.1) is 44.1 Å². The predicted octanol–water partition coefficient (Wildman–Crippen LogP) is 3.22. The van der Waals surface area contributed by atoms with Crippen molar-refractivity contribution in [2.75, 3.05) is 39.6 Å². The molecule has 0 N–H and O–H groups in total. The molecule has 1 aromatic carbocycles. The van der Waals surface area contributed by atoms with E-state index in [0.717, 1.165) is 12.8 Å². The van der Waals surface area contributed by atoms with Crippen molar-refractivity contribution < 1.29 is 28.6 Å². The van der Waals surface area contributed by atoms with Gasteiger partial charge in [-0.1, -0.05) is 44.7 Å². The number of fused-ring (bicyclic) bond motifs is 1. The summed E-state index contributed by atoms with van der Waals surface area (Å²) in [5.41, 5.74) is 0.882. The van der Waals surface area contributed by atoms with Crippen LogP contribution in [0.3, 0.4) is 0 Å². The Morgan fingerprint density at radius 1 is 0.828 bits per heavy atom. The van der Waals surface area contributed by atoms with Crippen LogP contribution in [0.1, 0.15) is 66.2 Å². The van der Waals surface area contributed by atoms with Gasteiger partial charge in [0.15, 0.2) is 0 Å². The molecule has 1 aromatic rings. The van der Waals surface area contributed by atoms with Gasteiger partial charge in [-0.15, -0.1) is 0 Å². The van der Waals surface area contributed by atoms with E-state index in [9.17, 15) is 14.4 Å². The Bertz CT molecular complexity index is 640. The second-order valence-electron chi connectivity index (χ2n) is 6.92. The van der Waals surface area contributed by atoms with Crippen LogP contribution >= 0.6 is 0 Å². The highest BCUT2D eigenvalue weighted by atomic mass is 16.6. The van der Waals surface area contributed by atoms with Crippen LogP contribution in [0, 0.1) is 0 Å². The SMILES string of the molecule is CCCCCCCC(=O)OCCOCCOCCN1C(=O)c2ccccc2C1=O. The minimum Gasteiger partial charge on any atom is -0.463 e. The minimum absolute atomic E-state index is 0.178. The fourth-order valence-electron chi connectivity index (χ4n) is 3.08. The fourth-order valence-corrected chi connectivity index (χ4v) is 3.08. The Morgan fingerprint density at radius 3 is 2.07 bits per heavy atom. The molecule has 0 bridgehead atoms. The molecule has 0 aromatic heterocycles. The number of nitrogens with zero attached hydrogens (tertiary/aromatic N) is 1. The molecule has 2 amide bonds. The van der Waals surface area contributed by atoms with Gasteiger partial charge in [-0.25, -0.2) is 0 Å². The summed E-state index contributed by atoms with van der Waals surface area (Å²) in [5.74, 6) is -0.738. The van der Waals surface area contributed by atoms with E-state index in [0.29, 0.717) is 37.4 Å². The maximum Gasteiger partial charge on any atom is 0.305 e. The van der Waals surface area contributed by atoms with Gasteiger partial charge in [0.25, 0.3) is 11.8 Å². The number of hydrogen-bond donors (Lipinski definition) is 0. The number of hydrogen-bond acceptors (Lipinski definition) is 6. The molecule has 0 saturated carbocycles. The third-order valence-corrected chi connectivity index (χ3v) is 4.68. The van der Waals surface area contributed by atoms with Crippen molar-refractivity contribution in [2.24, 2.45) is 0 Å². The predicted molar refractivity (Wildman–Crippen MR) is 108 cm³/mol. The Hall–Kier alpha value is -2.25. The van der Waals surface area contributed by atoms with Gasteiger partial charge in [0.2, 0.25) is 0 Å². The summed E-state index contributed by atoms with van der Waals surface area (Å²) in [6.07, 6.45) is 5.97. The smallest absolute Gasteiger partial charge is 0.305 e. The topological polar surface area (TPSA) is 82.1 Å². The van der Waals surface area contributed by atoms with Crippen LogP contribution in [0.4, 0.5) is 0 Å². The van der Waals surface area contributed by atoms with E-state index in [1.165, 1.54) is 24.2 Å². The van der Waals surface area contributed by atoms with E-state index in [1.807, 2.05) is 0 Å². The lowest BCUT2D eigenvalue weighted by atomic mass is 10.1. The van der Waals surface area contributed by atoms with Crippen LogP contribution in [-0.4, -0.2) is 62.3 Å². The first-order valence-electron chi connectivity index (χ1n) is 10.4. The first-order valence-corrected chi connectivity index (χ1v) is 10.4. The molecule has 7 heteroatoms. The number of imide groups is 1. The van der Waals surface area contributed by atoms with E-state index in [-0.39, 0.29) is 37.5 Å². The van der Waals surface area contributed by atoms with Crippen molar-refractivity contribution >= 4 is 17.8 Å². The summed E-state index contributed by atoms with van der Waals surface area (Å²) in [6, 6.07) is 6.80. The minimum atomic E-state index is -0.280. The Kier molecular flexibility index (Phi) is 10.4. The maximum absolute atomic E-state index is 12.2. The number of carbonyl (C=O) groups is 3. The molecular formula is C22H31NO6. The van der Waals surface area contributed by atoms with Crippen molar-refractivity contribution in [1.29, 1.82) is 0 Å². The molecule has 2 rings (SSSR count). The normalized spacial score (nSPS) is 13.1.